The Morgan fingerprint density at radius 2 is 2.21 bits per heavy atom. The van der Waals surface area contributed by atoms with Gasteiger partial charge in [-0.15, -0.1) is 0 Å². The summed E-state index contributed by atoms with van der Waals surface area (Å²) >= 11 is 1.41. The number of amides is 1. The van der Waals surface area contributed by atoms with Crippen molar-refractivity contribution in [3.05, 3.63) is 47.5 Å². The van der Waals surface area contributed by atoms with Crippen LogP contribution in [0.5, 0.6) is 0 Å². The van der Waals surface area contributed by atoms with E-state index in [1.807, 2.05) is 31.4 Å². The van der Waals surface area contributed by atoms with Gasteiger partial charge in [-0.2, -0.15) is 0 Å². The van der Waals surface area contributed by atoms with Crippen LogP contribution in [-0.2, 0) is 6.54 Å². The standard InChI is InChI=1S/C13H14N4OS/c1-9-7-11(17-13(16-9)19-2)12(18)15-8-10-5-3-4-6-14-10/h3-7H,8H2,1-2H3,(H,15,18). The van der Waals surface area contributed by atoms with Gasteiger partial charge in [0, 0.05) is 11.9 Å². The minimum absolute atomic E-state index is 0.216. The molecule has 0 bridgehead atoms. The number of rotatable bonds is 4. The van der Waals surface area contributed by atoms with Crippen LogP contribution < -0.4 is 5.32 Å². The zero-order valence-corrected chi connectivity index (χ0v) is 11.6. The van der Waals surface area contributed by atoms with Crippen LogP contribution in [0.1, 0.15) is 21.9 Å². The van der Waals surface area contributed by atoms with E-state index in [1.54, 1.807) is 12.3 Å². The average Bonchev–Trinajstić information content (AvgIpc) is 2.45. The van der Waals surface area contributed by atoms with Crippen molar-refractivity contribution in [1.29, 1.82) is 0 Å². The summed E-state index contributed by atoms with van der Waals surface area (Å²) in [6.45, 7) is 2.23. The van der Waals surface area contributed by atoms with Crippen molar-refractivity contribution in [3.8, 4) is 0 Å². The fraction of sp³-hybridized carbons (Fsp3) is 0.231. The van der Waals surface area contributed by atoms with Gasteiger partial charge in [0.2, 0.25) is 0 Å². The van der Waals surface area contributed by atoms with Gasteiger partial charge in [-0.1, -0.05) is 17.8 Å². The molecule has 0 saturated carbocycles. The van der Waals surface area contributed by atoms with Gasteiger partial charge in [0.1, 0.15) is 5.69 Å². The summed E-state index contributed by atoms with van der Waals surface area (Å²) in [6, 6.07) is 7.26. The molecule has 1 amide bonds. The van der Waals surface area contributed by atoms with Crippen LogP contribution in [0, 0.1) is 6.92 Å². The van der Waals surface area contributed by atoms with Crippen molar-refractivity contribution in [3.63, 3.8) is 0 Å². The SMILES string of the molecule is CSc1nc(C)cc(C(=O)NCc2ccccn2)n1. The van der Waals surface area contributed by atoms with E-state index in [0.29, 0.717) is 17.4 Å². The topological polar surface area (TPSA) is 67.8 Å². The number of carbonyl (C=O) groups is 1. The molecule has 0 saturated heterocycles. The van der Waals surface area contributed by atoms with Crippen molar-refractivity contribution >= 4 is 17.7 Å². The molecule has 98 valence electrons. The number of nitrogens with one attached hydrogen (secondary N) is 1. The average molecular weight is 274 g/mol. The highest BCUT2D eigenvalue weighted by atomic mass is 32.2. The molecule has 2 heterocycles. The highest BCUT2D eigenvalue weighted by Gasteiger charge is 2.10. The molecule has 19 heavy (non-hydrogen) atoms. The molecule has 0 radical (unpaired) electrons. The molecule has 2 rings (SSSR count). The number of carbonyl (C=O) groups excluding carboxylic acids is 1. The number of aromatic nitrogens is 3. The molecule has 0 aliphatic carbocycles. The molecule has 6 heteroatoms. The summed E-state index contributed by atoms with van der Waals surface area (Å²) in [5.74, 6) is -0.216. The maximum atomic E-state index is 12.0. The minimum Gasteiger partial charge on any atom is -0.345 e. The van der Waals surface area contributed by atoms with Crippen molar-refractivity contribution in [2.75, 3.05) is 6.26 Å². The van der Waals surface area contributed by atoms with E-state index in [9.17, 15) is 4.79 Å². The highest BCUT2D eigenvalue weighted by Crippen LogP contribution is 2.10. The summed E-state index contributed by atoms with van der Waals surface area (Å²) in [7, 11) is 0. The first-order chi connectivity index (χ1) is 9.19. The summed E-state index contributed by atoms with van der Waals surface area (Å²) in [4.78, 5) is 24.5. The lowest BCUT2D eigenvalue weighted by Crippen LogP contribution is -2.24. The van der Waals surface area contributed by atoms with Gasteiger partial charge in [0.05, 0.1) is 12.2 Å². The Hall–Kier alpha value is -1.95. The minimum atomic E-state index is -0.216. The number of nitrogens with zero attached hydrogens (tertiary/aromatic N) is 3. The largest absolute Gasteiger partial charge is 0.345 e. The predicted molar refractivity (Wildman–Crippen MR) is 74.0 cm³/mol. The Balaban J connectivity index is 2.06. The second-order valence-electron chi connectivity index (χ2n) is 3.89. The fourth-order valence-electron chi connectivity index (χ4n) is 1.51. The molecule has 0 atom stereocenters. The third-order valence-electron chi connectivity index (χ3n) is 2.41. The lowest BCUT2D eigenvalue weighted by molar-refractivity contribution is 0.0944. The van der Waals surface area contributed by atoms with Crippen molar-refractivity contribution in [2.45, 2.75) is 18.6 Å². The van der Waals surface area contributed by atoms with Crippen LogP contribution in [0.4, 0.5) is 0 Å². The molecule has 0 unspecified atom stereocenters. The number of pyridine rings is 1. The number of hydrogen-bond acceptors (Lipinski definition) is 5. The maximum Gasteiger partial charge on any atom is 0.270 e. The van der Waals surface area contributed by atoms with Gasteiger partial charge in [-0.25, -0.2) is 9.97 Å². The normalized spacial score (nSPS) is 10.2. The van der Waals surface area contributed by atoms with E-state index in [0.717, 1.165) is 11.4 Å². The summed E-state index contributed by atoms with van der Waals surface area (Å²) in [5, 5.41) is 3.39. The van der Waals surface area contributed by atoms with Gasteiger partial charge in [0.15, 0.2) is 5.16 Å². The Labute approximate surface area is 115 Å². The smallest absolute Gasteiger partial charge is 0.270 e. The van der Waals surface area contributed by atoms with E-state index >= 15 is 0 Å². The lowest BCUT2D eigenvalue weighted by atomic mass is 10.3. The van der Waals surface area contributed by atoms with Crippen molar-refractivity contribution in [1.82, 2.24) is 20.3 Å². The molecular weight excluding hydrogens is 260 g/mol. The molecule has 0 spiro atoms. The summed E-state index contributed by atoms with van der Waals surface area (Å²) in [6.07, 6.45) is 3.58. The summed E-state index contributed by atoms with van der Waals surface area (Å²) < 4.78 is 0. The quantitative estimate of drug-likeness (QED) is 0.680. The van der Waals surface area contributed by atoms with Crippen LogP contribution in [0.15, 0.2) is 35.6 Å². The third-order valence-corrected chi connectivity index (χ3v) is 2.95. The van der Waals surface area contributed by atoms with Crippen LogP contribution in [-0.4, -0.2) is 27.1 Å². The van der Waals surface area contributed by atoms with Crippen molar-refractivity contribution < 1.29 is 4.79 Å². The first kappa shape index (κ1) is 13.5. The predicted octanol–water partition coefficient (Wildman–Crippen LogP) is 1.83. The molecule has 0 aromatic carbocycles. The first-order valence-electron chi connectivity index (χ1n) is 5.77. The Morgan fingerprint density at radius 1 is 1.37 bits per heavy atom. The van der Waals surface area contributed by atoms with Crippen LogP contribution in [0.3, 0.4) is 0 Å². The molecule has 0 aliphatic heterocycles. The monoisotopic (exact) mass is 274 g/mol. The zero-order chi connectivity index (χ0) is 13.7. The number of aryl methyl sites for hydroxylation is 1. The molecule has 0 fully saturated rings. The van der Waals surface area contributed by atoms with E-state index in [1.165, 1.54) is 11.8 Å². The number of hydrogen-bond donors (Lipinski definition) is 1. The van der Waals surface area contributed by atoms with E-state index in [2.05, 4.69) is 20.3 Å². The van der Waals surface area contributed by atoms with E-state index < -0.39 is 0 Å². The molecule has 2 aromatic rings. The van der Waals surface area contributed by atoms with Gasteiger partial charge in [0.25, 0.3) is 5.91 Å². The van der Waals surface area contributed by atoms with Crippen molar-refractivity contribution in [2.24, 2.45) is 0 Å². The highest BCUT2D eigenvalue weighted by molar-refractivity contribution is 7.98. The Bertz CT molecular complexity index is 574. The summed E-state index contributed by atoms with van der Waals surface area (Å²) in [5.41, 5.74) is 1.97. The zero-order valence-electron chi connectivity index (χ0n) is 10.8. The molecule has 0 aliphatic rings. The first-order valence-corrected chi connectivity index (χ1v) is 6.99. The molecular formula is C13H14N4OS. The second kappa shape index (κ2) is 6.29. The Kier molecular flexibility index (Phi) is 4.46. The van der Waals surface area contributed by atoms with Gasteiger partial charge >= 0.3 is 0 Å². The van der Waals surface area contributed by atoms with Gasteiger partial charge in [-0.05, 0) is 31.4 Å². The third kappa shape index (κ3) is 3.75. The fourth-order valence-corrected chi connectivity index (χ4v) is 1.94. The van der Waals surface area contributed by atoms with E-state index in [-0.39, 0.29) is 5.91 Å². The van der Waals surface area contributed by atoms with Crippen LogP contribution >= 0.6 is 11.8 Å². The van der Waals surface area contributed by atoms with Gasteiger partial charge in [-0.3, -0.25) is 9.78 Å². The van der Waals surface area contributed by atoms with Gasteiger partial charge < -0.3 is 5.32 Å². The number of thioether (sulfide) groups is 1. The maximum absolute atomic E-state index is 12.0. The second-order valence-corrected chi connectivity index (χ2v) is 4.66. The molecule has 5 nitrogen and oxygen atoms in total. The van der Waals surface area contributed by atoms with Crippen LogP contribution in [0.2, 0.25) is 0 Å². The Morgan fingerprint density at radius 3 is 2.89 bits per heavy atom. The van der Waals surface area contributed by atoms with Crippen LogP contribution in [0.25, 0.3) is 0 Å². The molecule has 2 aromatic heterocycles. The van der Waals surface area contributed by atoms with E-state index in [4.69, 9.17) is 0 Å². The molecule has 1 N–H and O–H groups in total. The lowest BCUT2D eigenvalue weighted by Gasteiger charge is -2.06.